The van der Waals surface area contributed by atoms with Crippen LogP contribution in [0.15, 0.2) is 40.9 Å². The molecule has 3 aliphatic rings. The van der Waals surface area contributed by atoms with Gasteiger partial charge in [0, 0.05) is 41.4 Å². The Balaban J connectivity index is 1.08. The van der Waals surface area contributed by atoms with Crippen molar-refractivity contribution < 1.29 is 49.3 Å². The Morgan fingerprint density at radius 2 is 1.85 bits per heavy atom. The van der Waals surface area contributed by atoms with Crippen LogP contribution in [0.4, 0.5) is 28.4 Å². The van der Waals surface area contributed by atoms with E-state index in [2.05, 4.69) is 19.8 Å². The Bertz CT molecular complexity index is 1930. The van der Waals surface area contributed by atoms with E-state index >= 15 is 4.39 Å². The maximum Gasteiger partial charge on any atom is 0.573 e. The number of halogens is 4. The number of hydrogen-bond donors (Lipinski definition) is 1. The maximum absolute atomic E-state index is 15.2. The van der Waals surface area contributed by atoms with E-state index < -0.39 is 28.1 Å². The number of carbonyl (C=O) groups is 1. The van der Waals surface area contributed by atoms with Gasteiger partial charge in [0.2, 0.25) is 6.41 Å². The van der Waals surface area contributed by atoms with Gasteiger partial charge >= 0.3 is 6.36 Å². The van der Waals surface area contributed by atoms with Gasteiger partial charge < -0.3 is 23.8 Å². The molecule has 2 aromatic carbocycles. The van der Waals surface area contributed by atoms with Crippen LogP contribution in [0.2, 0.25) is 0 Å². The number of rotatable bonds is 12. The zero-order valence-corrected chi connectivity index (χ0v) is 26.9. The average molecular weight is 711 g/mol. The van der Waals surface area contributed by atoms with Gasteiger partial charge in [0.25, 0.3) is 10.1 Å². The highest BCUT2D eigenvalue weighted by Crippen LogP contribution is 2.47. The van der Waals surface area contributed by atoms with Crippen LogP contribution >= 0.6 is 11.3 Å². The van der Waals surface area contributed by atoms with Crippen molar-refractivity contribution in [3.8, 4) is 17.0 Å². The summed E-state index contributed by atoms with van der Waals surface area (Å²) in [4.78, 5) is 19.4. The third kappa shape index (κ3) is 6.86. The van der Waals surface area contributed by atoms with Gasteiger partial charge in [-0.1, -0.05) is 28.6 Å². The number of fused-ring (bicyclic) bond motifs is 3. The quantitative estimate of drug-likeness (QED) is 0.0995. The summed E-state index contributed by atoms with van der Waals surface area (Å²) < 4.78 is 103. The van der Waals surface area contributed by atoms with Crippen molar-refractivity contribution >= 4 is 48.9 Å². The lowest BCUT2D eigenvalue weighted by molar-refractivity contribution is -0.274. The molecule has 17 heteroatoms. The second kappa shape index (κ2) is 12.6. The fraction of sp³-hybridized carbons (Fsp3) is 0.452. The predicted molar refractivity (Wildman–Crippen MR) is 167 cm³/mol. The third-order valence-corrected chi connectivity index (χ3v) is 10.7. The fourth-order valence-electron chi connectivity index (χ4n) is 6.69. The molecule has 0 radical (unpaired) electrons. The highest BCUT2D eigenvalue weighted by atomic mass is 32.2. The highest BCUT2D eigenvalue weighted by Gasteiger charge is 2.43. The minimum Gasteiger partial charge on any atom is -0.405 e. The number of benzene rings is 2. The van der Waals surface area contributed by atoms with Crippen molar-refractivity contribution in [1.82, 2.24) is 10.1 Å². The average Bonchev–Trinajstić information content (AvgIpc) is 3.53. The van der Waals surface area contributed by atoms with Crippen LogP contribution < -0.4 is 14.5 Å². The van der Waals surface area contributed by atoms with Crippen LogP contribution in [0.1, 0.15) is 55.8 Å². The third-order valence-electron chi connectivity index (χ3n) is 8.98. The molecule has 1 N–H and O–H groups in total. The van der Waals surface area contributed by atoms with Gasteiger partial charge in [-0.3, -0.25) is 9.35 Å². The number of alkyl halides is 3. The Labute approximate surface area is 276 Å². The van der Waals surface area contributed by atoms with Gasteiger partial charge in [0.15, 0.2) is 10.9 Å². The van der Waals surface area contributed by atoms with Crippen LogP contribution in [0, 0.1) is 5.82 Å². The molecule has 2 saturated heterocycles. The SMILES string of the molecule is O=CN(CCS(=O)(=O)O)c1cc(F)c2nc(N3C4CCC3CC(OCc3c(-c5ccccc5OC(F)(F)F)noc3C3CC3)C4)sc2c1. The summed E-state index contributed by atoms with van der Waals surface area (Å²) in [6.45, 7) is -0.238. The molecule has 1 amide bonds. The normalized spacial score (nSPS) is 21.2. The van der Waals surface area contributed by atoms with Crippen LogP contribution in [0.5, 0.6) is 5.75 Å². The molecule has 2 aliphatic heterocycles. The van der Waals surface area contributed by atoms with E-state index in [4.69, 9.17) is 13.8 Å². The van der Waals surface area contributed by atoms with Crippen molar-refractivity contribution in [2.75, 3.05) is 22.1 Å². The molecule has 4 aromatic rings. The molecule has 0 spiro atoms. The predicted octanol–water partition coefficient (Wildman–Crippen LogP) is 6.43. The lowest BCUT2D eigenvalue weighted by Gasteiger charge is -2.38. The molecule has 256 valence electrons. The number of nitrogens with zero attached hydrogens (tertiary/aromatic N) is 4. The molecule has 2 aromatic heterocycles. The number of anilines is 2. The standard InChI is InChI=1S/C31H30F4N4O7S2/c32-24-13-20(38(16-40)9-10-48(41,42)43)14-26-28(24)36-30(47-26)39-18-7-8-19(39)12-21(11-18)44-15-23-27(37-46-29(23)17-5-6-17)22-3-1-2-4-25(22)45-31(33,34)35/h1-4,13-14,16-19,21H,5-12,15H2,(H,41,42,43). The number of piperidine rings is 1. The zero-order chi connectivity index (χ0) is 33.8. The van der Waals surface area contributed by atoms with Crippen LogP contribution in [-0.4, -0.2) is 66.4 Å². The summed E-state index contributed by atoms with van der Waals surface area (Å²) >= 11 is 1.27. The molecular weight excluding hydrogens is 680 g/mol. The number of hydrogen-bond acceptors (Lipinski definition) is 10. The molecule has 2 unspecified atom stereocenters. The van der Waals surface area contributed by atoms with E-state index in [9.17, 15) is 26.4 Å². The first-order valence-corrected chi connectivity index (χ1v) is 17.8. The number of carbonyl (C=O) groups excluding carboxylic acids is 1. The summed E-state index contributed by atoms with van der Waals surface area (Å²) in [5, 5.41) is 4.79. The first-order valence-electron chi connectivity index (χ1n) is 15.4. The molecule has 2 bridgehead atoms. The van der Waals surface area contributed by atoms with Crippen molar-refractivity contribution in [2.45, 2.75) is 75.6 Å². The topological polar surface area (TPSA) is 135 Å². The van der Waals surface area contributed by atoms with Crippen molar-refractivity contribution in [3.63, 3.8) is 0 Å². The number of ether oxygens (including phenoxy) is 2. The van der Waals surface area contributed by atoms with E-state index in [1.165, 1.54) is 29.5 Å². The molecular formula is C31H30F4N4O7S2. The molecule has 48 heavy (non-hydrogen) atoms. The summed E-state index contributed by atoms with van der Waals surface area (Å²) in [6.07, 6.45) is 0.194. The summed E-state index contributed by atoms with van der Waals surface area (Å²) in [5.41, 5.74) is 1.33. The Kier molecular flexibility index (Phi) is 8.58. The molecule has 7 rings (SSSR count). The zero-order valence-electron chi connectivity index (χ0n) is 25.2. The van der Waals surface area contributed by atoms with Gasteiger partial charge in [-0.05, 0) is 62.8 Å². The van der Waals surface area contributed by atoms with E-state index in [1.807, 2.05) is 0 Å². The van der Waals surface area contributed by atoms with E-state index in [0.29, 0.717) is 40.4 Å². The first kappa shape index (κ1) is 32.7. The second-order valence-corrected chi connectivity index (χ2v) is 14.8. The Morgan fingerprint density at radius 3 is 2.52 bits per heavy atom. The second-order valence-electron chi connectivity index (χ2n) is 12.2. The van der Waals surface area contributed by atoms with Crippen LogP contribution in [-0.2, 0) is 26.3 Å². The summed E-state index contributed by atoms with van der Waals surface area (Å²) in [5.74, 6) is -0.967. The first-order chi connectivity index (χ1) is 22.9. The van der Waals surface area contributed by atoms with Gasteiger partial charge in [-0.2, -0.15) is 8.42 Å². The van der Waals surface area contributed by atoms with Crippen LogP contribution in [0.25, 0.3) is 21.5 Å². The van der Waals surface area contributed by atoms with Gasteiger partial charge in [-0.25, -0.2) is 9.37 Å². The van der Waals surface area contributed by atoms with E-state index in [-0.39, 0.29) is 65.5 Å². The van der Waals surface area contributed by atoms with Crippen molar-refractivity contribution in [1.29, 1.82) is 0 Å². The molecule has 4 heterocycles. The fourth-order valence-corrected chi connectivity index (χ4v) is 8.27. The molecule has 2 atom stereocenters. The Hall–Kier alpha value is -3.80. The van der Waals surface area contributed by atoms with Crippen molar-refractivity contribution in [2.24, 2.45) is 0 Å². The lowest BCUT2D eigenvalue weighted by Crippen LogP contribution is -2.45. The van der Waals surface area contributed by atoms with Gasteiger partial charge in [0.05, 0.1) is 23.2 Å². The van der Waals surface area contributed by atoms with Crippen LogP contribution in [0.3, 0.4) is 0 Å². The molecule has 1 aliphatic carbocycles. The minimum atomic E-state index is -4.87. The highest BCUT2D eigenvalue weighted by molar-refractivity contribution is 7.85. The largest absolute Gasteiger partial charge is 0.573 e. The van der Waals surface area contributed by atoms with Crippen molar-refractivity contribution in [3.05, 3.63) is 53.5 Å². The molecule has 11 nitrogen and oxygen atoms in total. The smallest absolute Gasteiger partial charge is 0.405 e. The summed E-state index contributed by atoms with van der Waals surface area (Å²) in [6, 6.07) is 8.62. The number of amides is 1. The van der Waals surface area contributed by atoms with E-state index in [1.54, 1.807) is 12.1 Å². The monoisotopic (exact) mass is 710 g/mol. The maximum atomic E-state index is 15.2. The molecule has 1 saturated carbocycles. The number of thiazole rings is 1. The minimum absolute atomic E-state index is 0.0591. The van der Waals surface area contributed by atoms with Gasteiger partial charge in [0.1, 0.15) is 22.7 Å². The Morgan fingerprint density at radius 1 is 1.12 bits per heavy atom. The number of aromatic nitrogens is 2. The van der Waals surface area contributed by atoms with Gasteiger partial charge in [-0.15, -0.1) is 13.2 Å². The number of para-hydroxylation sites is 1. The van der Waals surface area contributed by atoms with E-state index in [0.717, 1.165) is 36.6 Å². The molecule has 3 fully saturated rings. The lowest BCUT2D eigenvalue weighted by atomic mass is 10.00. The summed E-state index contributed by atoms with van der Waals surface area (Å²) in [7, 11) is -4.32.